The van der Waals surface area contributed by atoms with E-state index in [0.29, 0.717) is 28.5 Å². The molecule has 0 unspecified atom stereocenters. The van der Waals surface area contributed by atoms with Crippen molar-refractivity contribution in [2.24, 2.45) is 0 Å². The van der Waals surface area contributed by atoms with Gasteiger partial charge in [0.1, 0.15) is 11.4 Å². The Kier molecular flexibility index (Phi) is 4.58. The maximum Gasteiger partial charge on any atom is 0.411 e. The van der Waals surface area contributed by atoms with Gasteiger partial charge in [-0.2, -0.15) is 0 Å². The van der Waals surface area contributed by atoms with Crippen LogP contribution >= 0.6 is 0 Å². The quantitative estimate of drug-likeness (QED) is 0.565. The Morgan fingerprint density at radius 1 is 1.18 bits per heavy atom. The van der Waals surface area contributed by atoms with E-state index in [9.17, 15) is 9.90 Å². The number of aliphatic hydroxyl groups excluding tert-OH is 1. The molecule has 0 radical (unpaired) electrons. The van der Waals surface area contributed by atoms with Gasteiger partial charge in [0.25, 0.3) is 0 Å². The first-order valence-corrected chi connectivity index (χ1v) is 8.69. The fourth-order valence-electron chi connectivity index (χ4n) is 3.32. The van der Waals surface area contributed by atoms with Crippen LogP contribution in [0.5, 0.6) is 5.75 Å². The minimum absolute atomic E-state index is 0.180. The second-order valence-corrected chi connectivity index (χ2v) is 6.19. The molecule has 0 aliphatic rings. The molecule has 1 amide bonds. The van der Waals surface area contributed by atoms with E-state index in [4.69, 9.17) is 9.72 Å². The van der Waals surface area contributed by atoms with E-state index < -0.39 is 6.09 Å². The number of nitrogens with one attached hydrogen (secondary N) is 1. The van der Waals surface area contributed by atoms with Gasteiger partial charge >= 0.3 is 6.09 Å². The van der Waals surface area contributed by atoms with Crippen molar-refractivity contribution in [1.29, 1.82) is 0 Å². The van der Waals surface area contributed by atoms with Crippen molar-refractivity contribution in [3.63, 3.8) is 0 Å². The molecule has 0 fully saturated rings. The predicted octanol–water partition coefficient (Wildman–Crippen LogP) is 3.83. The fourth-order valence-corrected chi connectivity index (χ4v) is 3.32. The second kappa shape index (κ2) is 7.21. The number of pyridine rings is 1. The maximum absolute atomic E-state index is 11.5. The lowest BCUT2D eigenvalue weighted by molar-refractivity contribution is 0.187. The van der Waals surface area contributed by atoms with Crippen molar-refractivity contribution in [2.45, 2.75) is 6.61 Å². The van der Waals surface area contributed by atoms with Crippen LogP contribution in [-0.4, -0.2) is 34.8 Å². The number of ether oxygens (including phenoxy) is 2. The highest BCUT2D eigenvalue weighted by Crippen LogP contribution is 2.34. The van der Waals surface area contributed by atoms with Crippen molar-refractivity contribution < 1.29 is 19.4 Å². The first-order chi connectivity index (χ1) is 13.7. The van der Waals surface area contributed by atoms with Gasteiger partial charge in [-0.25, -0.2) is 9.78 Å². The summed E-state index contributed by atoms with van der Waals surface area (Å²) in [5.41, 5.74) is 3.39. The molecule has 2 heterocycles. The zero-order chi connectivity index (χ0) is 19.7. The monoisotopic (exact) mass is 377 g/mol. The van der Waals surface area contributed by atoms with E-state index >= 15 is 0 Å². The molecule has 142 valence electrons. The summed E-state index contributed by atoms with van der Waals surface area (Å²) in [7, 11) is 2.92. The molecular formula is C21H19N3O4. The van der Waals surface area contributed by atoms with Crippen LogP contribution in [0.15, 0.2) is 54.7 Å². The second-order valence-electron chi connectivity index (χ2n) is 6.19. The van der Waals surface area contributed by atoms with E-state index in [1.807, 2.05) is 53.1 Å². The summed E-state index contributed by atoms with van der Waals surface area (Å²) in [4.78, 5) is 16.3. The lowest BCUT2D eigenvalue weighted by Gasteiger charge is -2.08. The average molecular weight is 377 g/mol. The van der Waals surface area contributed by atoms with Gasteiger partial charge in [0.2, 0.25) is 0 Å². The summed E-state index contributed by atoms with van der Waals surface area (Å²) in [6, 6.07) is 15.0. The Balaban J connectivity index is 1.97. The van der Waals surface area contributed by atoms with Gasteiger partial charge in [0.15, 0.2) is 0 Å². The highest BCUT2D eigenvalue weighted by molar-refractivity contribution is 5.99. The van der Waals surface area contributed by atoms with Crippen molar-refractivity contribution in [3.8, 4) is 17.0 Å². The lowest BCUT2D eigenvalue weighted by Crippen LogP contribution is -2.10. The zero-order valence-electron chi connectivity index (χ0n) is 15.5. The number of amides is 1. The Hall–Kier alpha value is -3.58. The Morgan fingerprint density at radius 2 is 2.00 bits per heavy atom. The summed E-state index contributed by atoms with van der Waals surface area (Å²) in [5.74, 6) is 0.679. The number of nitrogens with zero attached hydrogens (tertiary/aromatic N) is 2. The third-order valence-electron chi connectivity index (χ3n) is 4.65. The lowest BCUT2D eigenvalue weighted by atomic mass is 10.1. The van der Waals surface area contributed by atoms with Crippen LogP contribution in [0.3, 0.4) is 0 Å². The molecule has 2 aromatic carbocycles. The standard InChI is InChI=1S/C21H19N3O4/c1-27-18-6-4-3-5-15(18)19-17(12-25)24-10-9-13-7-8-14(22-21(26)28-2)11-16(13)20(24)23-19/h3-11,25H,12H2,1-2H3,(H,22,26). The topological polar surface area (TPSA) is 85.1 Å². The molecule has 4 rings (SSSR count). The molecule has 0 saturated heterocycles. The molecule has 7 heteroatoms. The molecule has 0 aliphatic carbocycles. The molecule has 28 heavy (non-hydrogen) atoms. The van der Waals surface area contributed by atoms with E-state index in [1.54, 1.807) is 13.2 Å². The summed E-state index contributed by atoms with van der Waals surface area (Å²) < 4.78 is 12.0. The normalized spacial score (nSPS) is 11.0. The largest absolute Gasteiger partial charge is 0.496 e. The van der Waals surface area contributed by atoms with Gasteiger partial charge in [-0.05, 0) is 35.7 Å². The number of aromatic nitrogens is 2. The number of imidazole rings is 1. The predicted molar refractivity (Wildman–Crippen MR) is 107 cm³/mol. The number of carbonyl (C=O) groups excluding carboxylic acids is 1. The number of methoxy groups -OCH3 is 2. The van der Waals surface area contributed by atoms with Gasteiger partial charge in [0, 0.05) is 22.8 Å². The summed E-state index contributed by atoms with van der Waals surface area (Å²) in [6.07, 6.45) is 1.34. The smallest absolute Gasteiger partial charge is 0.411 e. The van der Waals surface area contributed by atoms with Crippen LogP contribution in [0.1, 0.15) is 5.69 Å². The molecule has 0 atom stereocenters. The minimum atomic E-state index is -0.541. The third kappa shape index (κ3) is 2.91. The number of rotatable bonds is 4. The van der Waals surface area contributed by atoms with Crippen molar-refractivity contribution >= 4 is 28.2 Å². The number of anilines is 1. The van der Waals surface area contributed by atoms with Crippen LogP contribution < -0.4 is 10.1 Å². The number of benzene rings is 2. The SMILES string of the molecule is COC(=O)Nc1ccc2ccn3c(CO)c(-c4ccccc4OC)nc3c2c1. The molecule has 2 N–H and O–H groups in total. The first kappa shape index (κ1) is 17.8. The fraction of sp³-hybridized carbons (Fsp3) is 0.143. The molecule has 7 nitrogen and oxygen atoms in total. The van der Waals surface area contributed by atoms with Gasteiger partial charge in [-0.1, -0.05) is 18.2 Å². The summed E-state index contributed by atoms with van der Waals surface area (Å²) in [5, 5.41) is 14.5. The molecule has 0 spiro atoms. The van der Waals surface area contributed by atoms with Crippen LogP contribution in [0.2, 0.25) is 0 Å². The summed E-state index contributed by atoms with van der Waals surface area (Å²) in [6.45, 7) is -0.180. The Bertz CT molecular complexity index is 1180. The number of hydrogen-bond donors (Lipinski definition) is 2. The van der Waals surface area contributed by atoms with Gasteiger partial charge in [-0.3, -0.25) is 5.32 Å². The number of hydrogen-bond acceptors (Lipinski definition) is 5. The molecule has 0 aliphatic heterocycles. The third-order valence-corrected chi connectivity index (χ3v) is 4.65. The molecule has 4 aromatic rings. The molecule has 0 saturated carbocycles. The number of carbonyl (C=O) groups is 1. The van der Waals surface area contributed by atoms with E-state index in [0.717, 1.165) is 16.3 Å². The molecular weight excluding hydrogens is 358 g/mol. The zero-order valence-corrected chi connectivity index (χ0v) is 15.5. The highest BCUT2D eigenvalue weighted by atomic mass is 16.5. The number of para-hydroxylation sites is 1. The van der Waals surface area contributed by atoms with E-state index in [2.05, 4.69) is 10.1 Å². The molecule has 2 aromatic heterocycles. The first-order valence-electron chi connectivity index (χ1n) is 8.69. The van der Waals surface area contributed by atoms with Crippen molar-refractivity contribution in [2.75, 3.05) is 19.5 Å². The van der Waals surface area contributed by atoms with Crippen LogP contribution in [-0.2, 0) is 11.3 Å². The maximum atomic E-state index is 11.5. The Morgan fingerprint density at radius 3 is 2.75 bits per heavy atom. The number of aliphatic hydroxyl groups is 1. The van der Waals surface area contributed by atoms with Gasteiger partial charge in [0.05, 0.1) is 32.2 Å². The van der Waals surface area contributed by atoms with Gasteiger partial charge < -0.3 is 19.0 Å². The van der Waals surface area contributed by atoms with Crippen molar-refractivity contribution in [1.82, 2.24) is 9.38 Å². The highest BCUT2D eigenvalue weighted by Gasteiger charge is 2.18. The number of fused-ring (bicyclic) bond motifs is 3. The van der Waals surface area contributed by atoms with Gasteiger partial charge in [-0.15, -0.1) is 0 Å². The minimum Gasteiger partial charge on any atom is -0.496 e. The summed E-state index contributed by atoms with van der Waals surface area (Å²) >= 11 is 0. The van der Waals surface area contributed by atoms with Crippen LogP contribution in [0.4, 0.5) is 10.5 Å². The van der Waals surface area contributed by atoms with E-state index in [1.165, 1.54) is 7.11 Å². The van der Waals surface area contributed by atoms with Crippen molar-refractivity contribution in [3.05, 3.63) is 60.4 Å². The Labute approximate surface area is 161 Å². The van der Waals surface area contributed by atoms with Crippen LogP contribution in [0, 0.1) is 0 Å². The van der Waals surface area contributed by atoms with Crippen LogP contribution in [0.25, 0.3) is 27.7 Å². The molecule has 0 bridgehead atoms. The van der Waals surface area contributed by atoms with E-state index in [-0.39, 0.29) is 6.61 Å². The average Bonchev–Trinajstić information content (AvgIpc) is 3.12.